The second kappa shape index (κ2) is 8.98. The molecule has 3 aromatic rings. The minimum absolute atomic E-state index is 0.00194. The average molecular weight is 512 g/mol. The number of carboxylic acid groups (broad SMARTS) is 1. The third-order valence-corrected chi connectivity index (χ3v) is 5.87. The average Bonchev–Trinajstić information content (AvgIpc) is 2.66. The van der Waals surface area contributed by atoms with Crippen molar-refractivity contribution in [3.63, 3.8) is 0 Å². The Kier molecular flexibility index (Phi) is 6.31. The summed E-state index contributed by atoms with van der Waals surface area (Å²) in [7, 11) is 0. The summed E-state index contributed by atoms with van der Waals surface area (Å²) in [6.45, 7) is 0.511. The van der Waals surface area contributed by atoms with Crippen LogP contribution in [-0.4, -0.2) is 30.4 Å². The number of ether oxygens (including phenoxy) is 2. The van der Waals surface area contributed by atoms with Gasteiger partial charge in [0.25, 0.3) is 0 Å². The molecule has 0 spiro atoms. The van der Waals surface area contributed by atoms with Gasteiger partial charge in [-0.1, -0.05) is 27.5 Å². The molecule has 0 radical (unpaired) electrons. The molecule has 4 rings (SSSR count). The number of carboxylic acids is 1. The molecule has 1 saturated carbocycles. The molecule has 1 N–H and O–H groups in total. The zero-order valence-electron chi connectivity index (χ0n) is 16.1. The number of hydrogen-bond donors (Lipinski definition) is 1. The maximum Gasteiger partial charge on any atom is 0.306 e. The number of aliphatic carboxylic acids is 1. The van der Waals surface area contributed by atoms with Crippen molar-refractivity contribution < 1.29 is 28.2 Å². The van der Waals surface area contributed by atoms with Crippen LogP contribution in [0.3, 0.4) is 0 Å². The van der Waals surface area contributed by atoms with E-state index in [1.54, 1.807) is 18.2 Å². The minimum atomic E-state index is -0.797. The SMILES string of the molecule is O=c1cc(-c2ccc(Br)cc2OCCO[C@H]2C[C@@H](C(=O)O)C2)oc2c(Cl)cc(F)cc12. The first-order chi connectivity index (χ1) is 14.8. The Balaban J connectivity index is 1.52. The van der Waals surface area contributed by atoms with Crippen molar-refractivity contribution in [2.75, 3.05) is 13.2 Å². The number of hydrogen-bond acceptors (Lipinski definition) is 5. The summed E-state index contributed by atoms with van der Waals surface area (Å²) in [6.07, 6.45) is 0.926. The van der Waals surface area contributed by atoms with Crippen molar-refractivity contribution in [3.8, 4) is 17.1 Å². The van der Waals surface area contributed by atoms with Gasteiger partial charge in [-0.3, -0.25) is 9.59 Å². The van der Waals surface area contributed by atoms with Crippen LogP contribution in [-0.2, 0) is 9.53 Å². The molecule has 1 aliphatic carbocycles. The molecule has 1 aromatic heterocycles. The zero-order valence-corrected chi connectivity index (χ0v) is 18.4. The normalized spacial score (nSPS) is 18.0. The quantitative estimate of drug-likeness (QED) is 0.435. The summed E-state index contributed by atoms with van der Waals surface area (Å²) in [5, 5.41) is 8.97. The monoisotopic (exact) mass is 510 g/mol. The van der Waals surface area contributed by atoms with Gasteiger partial charge in [0.15, 0.2) is 11.0 Å². The highest BCUT2D eigenvalue weighted by molar-refractivity contribution is 9.10. The fourth-order valence-electron chi connectivity index (χ4n) is 3.40. The Hall–Kier alpha value is -2.42. The first-order valence-electron chi connectivity index (χ1n) is 9.52. The van der Waals surface area contributed by atoms with Crippen LogP contribution >= 0.6 is 27.5 Å². The predicted molar refractivity (Wildman–Crippen MR) is 116 cm³/mol. The second-order valence-corrected chi connectivity index (χ2v) is 8.55. The lowest BCUT2D eigenvalue weighted by molar-refractivity contribution is -0.151. The van der Waals surface area contributed by atoms with E-state index in [0.717, 1.165) is 16.6 Å². The Bertz CT molecular complexity index is 1200. The molecule has 0 aliphatic heterocycles. The molecule has 0 unspecified atom stereocenters. The minimum Gasteiger partial charge on any atom is -0.490 e. The first kappa shape index (κ1) is 21.8. The van der Waals surface area contributed by atoms with E-state index in [2.05, 4.69) is 15.9 Å². The Labute approximate surface area is 189 Å². The van der Waals surface area contributed by atoms with Crippen molar-refractivity contribution in [1.82, 2.24) is 0 Å². The van der Waals surface area contributed by atoms with Gasteiger partial charge < -0.3 is 19.0 Å². The van der Waals surface area contributed by atoms with E-state index < -0.39 is 17.2 Å². The summed E-state index contributed by atoms with van der Waals surface area (Å²) < 4.78 is 31.7. The third-order valence-electron chi connectivity index (χ3n) is 5.10. The van der Waals surface area contributed by atoms with Gasteiger partial charge in [0.05, 0.1) is 34.6 Å². The van der Waals surface area contributed by atoms with Gasteiger partial charge in [0, 0.05) is 10.5 Å². The molecule has 0 saturated heterocycles. The number of carbonyl (C=O) groups is 1. The molecule has 1 aliphatic rings. The lowest BCUT2D eigenvalue weighted by Crippen LogP contribution is -2.37. The van der Waals surface area contributed by atoms with E-state index >= 15 is 0 Å². The van der Waals surface area contributed by atoms with E-state index in [1.165, 1.54) is 6.07 Å². The van der Waals surface area contributed by atoms with Crippen molar-refractivity contribution in [3.05, 3.63) is 61.9 Å². The highest BCUT2D eigenvalue weighted by Crippen LogP contribution is 2.35. The molecule has 0 amide bonds. The van der Waals surface area contributed by atoms with Crippen LogP contribution in [0.5, 0.6) is 5.75 Å². The van der Waals surface area contributed by atoms with Gasteiger partial charge in [-0.05, 0) is 43.2 Å². The highest BCUT2D eigenvalue weighted by Gasteiger charge is 2.35. The summed E-state index contributed by atoms with van der Waals surface area (Å²) in [6, 6.07) is 8.67. The van der Waals surface area contributed by atoms with Crippen LogP contribution in [0.25, 0.3) is 22.3 Å². The Morgan fingerprint density at radius 1 is 1.23 bits per heavy atom. The van der Waals surface area contributed by atoms with Crippen molar-refractivity contribution in [2.24, 2.45) is 5.92 Å². The van der Waals surface area contributed by atoms with Crippen LogP contribution in [0.4, 0.5) is 4.39 Å². The molecule has 162 valence electrons. The van der Waals surface area contributed by atoms with Crippen LogP contribution < -0.4 is 10.2 Å². The number of halogens is 3. The van der Waals surface area contributed by atoms with Crippen LogP contribution in [0.15, 0.2) is 50.1 Å². The maximum atomic E-state index is 13.6. The number of benzene rings is 2. The van der Waals surface area contributed by atoms with E-state index in [-0.39, 0.29) is 47.0 Å². The van der Waals surface area contributed by atoms with Gasteiger partial charge in [0.1, 0.15) is 23.9 Å². The van der Waals surface area contributed by atoms with E-state index in [9.17, 15) is 14.0 Å². The molecule has 2 aromatic carbocycles. The number of rotatable bonds is 7. The van der Waals surface area contributed by atoms with Gasteiger partial charge in [-0.2, -0.15) is 0 Å². The summed E-state index contributed by atoms with van der Waals surface area (Å²) >= 11 is 9.47. The van der Waals surface area contributed by atoms with Crippen molar-refractivity contribution in [2.45, 2.75) is 18.9 Å². The molecule has 1 fully saturated rings. The summed E-state index contributed by atoms with van der Waals surface area (Å²) in [5.74, 6) is -1.06. The van der Waals surface area contributed by atoms with Crippen molar-refractivity contribution >= 4 is 44.5 Å². The van der Waals surface area contributed by atoms with Gasteiger partial charge in [0.2, 0.25) is 0 Å². The Morgan fingerprint density at radius 2 is 2.00 bits per heavy atom. The lowest BCUT2D eigenvalue weighted by Gasteiger charge is -2.32. The molecular formula is C22H17BrClFO6. The molecule has 0 bridgehead atoms. The molecule has 31 heavy (non-hydrogen) atoms. The van der Waals surface area contributed by atoms with E-state index in [0.29, 0.717) is 24.2 Å². The fourth-order valence-corrected chi connectivity index (χ4v) is 3.99. The molecule has 1 heterocycles. The van der Waals surface area contributed by atoms with Crippen LogP contribution in [0, 0.1) is 11.7 Å². The van der Waals surface area contributed by atoms with Crippen molar-refractivity contribution in [1.29, 1.82) is 0 Å². The standard InChI is InChI=1S/C22H17BrClFO6/c23-12-1-2-15(19(7-12)30-4-3-29-14-5-11(6-14)22(27)28)20-10-18(26)16-8-13(25)9-17(24)21(16)31-20/h1-2,7-11,14H,3-6H2,(H,27,28)/t11-,14+. The second-order valence-electron chi connectivity index (χ2n) is 7.23. The third kappa shape index (κ3) is 4.76. The largest absolute Gasteiger partial charge is 0.490 e. The van der Waals surface area contributed by atoms with Crippen LogP contribution in [0.1, 0.15) is 12.8 Å². The van der Waals surface area contributed by atoms with E-state index in [4.69, 9.17) is 30.6 Å². The zero-order chi connectivity index (χ0) is 22.1. The smallest absolute Gasteiger partial charge is 0.306 e. The van der Waals surface area contributed by atoms with Gasteiger partial charge in [-0.15, -0.1) is 0 Å². The molecule has 6 nitrogen and oxygen atoms in total. The summed E-state index contributed by atoms with van der Waals surface area (Å²) in [4.78, 5) is 23.4. The van der Waals surface area contributed by atoms with Gasteiger partial charge >= 0.3 is 5.97 Å². The number of fused-ring (bicyclic) bond motifs is 1. The summed E-state index contributed by atoms with van der Waals surface area (Å²) in [5.41, 5.74) is 0.200. The highest BCUT2D eigenvalue weighted by atomic mass is 79.9. The lowest BCUT2D eigenvalue weighted by atomic mass is 9.82. The van der Waals surface area contributed by atoms with Gasteiger partial charge in [-0.25, -0.2) is 4.39 Å². The Morgan fingerprint density at radius 3 is 2.74 bits per heavy atom. The fraction of sp³-hybridized carbons (Fsp3) is 0.273. The first-order valence-corrected chi connectivity index (χ1v) is 10.7. The molecule has 0 atom stereocenters. The maximum absolute atomic E-state index is 13.6. The van der Waals surface area contributed by atoms with Crippen LogP contribution in [0.2, 0.25) is 5.02 Å². The molecule has 9 heteroatoms. The molecular weight excluding hydrogens is 495 g/mol. The van der Waals surface area contributed by atoms with E-state index in [1.807, 2.05) is 0 Å². The topological polar surface area (TPSA) is 86.0 Å². The predicted octanol–water partition coefficient (Wildman–Crippen LogP) is 5.27.